The topological polar surface area (TPSA) is 51.6 Å². The third-order valence-electron chi connectivity index (χ3n) is 15.0. The van der Waals surface area contributed by atoms with Crippen LogP contribution in [0.25, 0.3) is 154 Å². The van der Waals surface area contributed by atoms with Crippen molar-refractivity contribution in [1.29, 1.82) is 0 Å². The maximum atomic E-state index is 5.42. The molecule has 0 aliphatic rings. The Hall–Kier alpha value is -9.90. The van der Waals surface area contributed by atoms with E-state index in [4.69, 9.17) is 19.9 Å². The molecule has 0 saturated carbocycles. The molecular weight excluding hydrogens is 897 g/mol. The molecule has 74 heavy (non-hydrogen) atoms. The first-order valence-corrected chi connectivity index (χ1v) is 25.2. The number of hydrogen-bond donors (Lipinski definition) is 0. The number of fused-ring (bicyclic) bond motifs is 12. The summed E-state index contributed by atoms with van der Waals surface area (Å²) in [4.78, 5) is 21.6. The summed E-state index contributed by atoms with van der Waals surface area (Å²) in [6.07, 6.45) is 0. The van der Waals surface area contributed by atoms with Crippen molar-refractivity contribution in [2.24, 2.45) is 0 Å². The van der Waals surface area contributed by atoms with Gasteiger partial charge < -0.3 is 0 Å². The van der Waals surface area contributed by atoms with Gasteiger partial charge in [0.2, 0.25) is 0 Å². The Kier molecular flexibility index (Phi) is 9.54. The van der Waals surface area contributed by atoms with Gasteiger partial charge in [-0.1, -0.05) is 212 Å². The summed E-state index contributed by atoms with van der Waals surface area (Å²) in [5, 5.41) is 17.5. The molecule has 15 aromatic rings. The van der Waals surface area contributed by atoms with Crippen LogP contribution in [0.15, 0.2) is 255 Å². The zero-order valence-electron chi connectivity index (χ0n) is 40.0. The Morgan fingerprint density at radius 1 is 0.203 bits per heavy atom. The Bertz CT molecular complexity index is 4670. The van der Waals surface area contributed by atoms with Crippen molar-refractivity contribution < 1.29 is 0 Å². The average Bonchev–Trinajstić information content (AvgIpc) is 3.48. The molecule has 0 fully saturated rings. The van der Waals surface area contributed by atoms with Crippen molar-refractivity contribution in [3.05, 3.63) is 255 Å². The van der Waals surface area contributed by atoms with Crippen LogP contribution in [0.4, 0.5) is 0 Å². The Labute approximate surface area is 426 Å². The van der Waals surface area contributed by atoms with Crippen molar-refractivity contribution in [3.63, 3.8) is 0 Å². The monoisotopic (exact) mass is 938 g/mol. The summed E-state index contributed by atoms with van der Waals surface area (Å²) in [7, 11) is 0. The molecule has 4 heteroatoms. The van der Waals surface area contributed by atoms with Crippen molar-refractivity contribution in [1.82, 2.24) is 19.9 Å². The molecule has 0 unspecified atom stereocenters. The average molecular weight is 939 g/mol. The lowest BCUT2D eigenvalue weighted by atomic mass is 9.89. The van der Waals surface area contributed by atoms with Gasteiger partial charge in [-0.05, 0) is 129 Å². The number of para-hydroxylation sites is 1. The zero-order chi connectivity index (χ0) is 48.7. The maximum Gasteiger partial charge on any atom is 0.164 e. The summed E-state index contributed by atoms with van der Waals surface area (Å²) in [6, 6.07) is 91.4. The predicted molar refractivity (Wildman–Crippen MR) is 310 cm³/mol. The van der Waals surface area contributed by atoms with Gasteiger partial charge >= 0.3 is 0 Å². The number of benzene rings is 13. The molecule has 0 aliphatic heterocycles. The molecular formula is C70H42N4. The SMILES string of the molecule is c1cc(-c2cccc(-c3cc4c(-c5ccc6ccccc6c5)nc5ccccc5c4c4ccccc34)c2)cc(-c2nc(-c3cc4ccccc4c4ccccc34)nc(-c3cc4ccccc4c4ccccc34)n2)c1. The van der Waals surface area contributed by atoms with Crippen LogP contribution in [-0.2, 0) is 0 Å². The molecule has 0 bridgehead atoms. The van der Waals surface area contributed by atoms with E-state index < -0.39 is 0 Å². The molecule has 2 aromatic heterocycles. The van der Waals surface area contributed by atoms with E-state index in [-0.39, 0.29) is 0 Å². The highest BCUT2D eigenvalue weighted by Gasteiger charge is 2.21. The highest BCUT2D eigenvalue weighted by atomic mass is 15.0. The highest BCUT2D eigenvalue weighted by Crippen LogP contribution is 2.44. The molecule has 2 heterocycles. The summed E-state index contributed by atoms with van der Waals surface area (Å²) in [6.45, 7) is 0. The number of pyridine rings is 1. The van der Waals surface area contributed by atoms with E-state index in [9.17, 15) is 0 Å². The summed E-state index contributed by atoms with van der Waals surface area (Å²) in [5.41, 5.74) is 10.3. The number of nitrogens with zero attached hydrogens (tertiary/aromatic N) is 4. The Balaban J connectivity index is 0.915. The molecule has 0 N–H and O–H groups in total. The molecule has 0 amide bonds. The normalized spacial score (nSPS) is 11.8. The molecule has 342 valence electrons. The lowest BCUT2D eigenvalue weighted by Gasteiger charge is -2.17. The smallest absolute Gasteiger partial charge is 0.164 e. The zero-order valence-corrected chi connectivity index (χ0v) is 40.0. The second-order valence-corrected chi connectivity index (χ2v) is 19.3. The molecule has 13 aromatic carbocycles. The van der Waals surface area contributed by atoms with Crippen LogP contribution in [-0.4, -0.2) is 19.9 Å². The molecule has 0 radical (unpaired) electrons. The lowest BCUT2D eigenvalue weighted by Crippen LogP contribution is -2.01. The van der Waals surface area contributed by atoms with Crippen LogP contribution in [0.2, 0.25) is 0 Å². The minimum atomic E-state index is 0.610. The van der Waals surface area contributed by atoms with Crippen LogP contribution >= 0.6 is 0 Å². The van der Waals surface area contributed by atoms with Crippen molar-refractivity contribution in [2.75, 3.05) is 0 Å². The van der Waals surface area contributed by atoms with Crippen LogP contribution in [0, 0.1) is 0 Å². The third-order valence-corrected chi connectivity index (χ3v) is 15.0. The van der Waals surface area contributed by atoms with Crippen LogP contribution < -0.4 is 0 Å². The van der Waals surface area contributed by atoms with Gasteiger partial charge in [0.25, 0.3) is 0 Å². The first-order valence-electron chi connectivity index (χ1n) is 25.2. The van der Waals surface area contributed by atoms with E-state index in [1.165, 1.54) is 37.7 Å². The van der Waals surface area contributed by atoms with Gasteiger partial charge in [-0.25, -0.2) is 19.9 Å². The van der Waals surface area contributed by atoms with E-state index in [2.05, 4.69) is 255 Å². The van der Waals surface area contributed by atoms with E-state index in [1.54, 1.807) is 0 Å². The van der Waals surface area contributed by atoms with Crippen LogP contribution in [0.5, 0.6) is 0 Å². The second-order valence-electron chi connectivity index (χ2n) is 19.3. The molecule has 0 saturated heterocycles. The van der Waals surface area contributed by atoms with E-state index >= 15 is 0 Å². The minimum Gasteiger partial charge on any atom is -0.247 e. The lowest BCUT2D eigenvalue weighted by molar-refractivity contribution is 1.08. The van der Waals surface area contributed by atoms with Gasteiger partial charge in [-0.2, -0.15) is 0 Å². The fraction of sp³-hybridized carbons (Fsp3) is 0. The van der Waals surface area contributed by atoms with Crippen molar-refractivity contribution >= 4 is 86.3 Å². The Morgan fingerprint density at radius 2 is 0.662 bits per heavy atom. The highest BCUT2D eigenvalue weighted by molar-refractivity contribution is 6.25. The molecule has 0 aliphatic carbocycles. The number of hydrogen-bond acceptors (Lipinski definition) is 4. The summed E-state index contributed by atoms with van der Waals surface area (Å²) in [5.74, 6) is 1.87. The van der Waals surface area contributed by atoms with Gasteiger partial charge in [-0.15, -0.1) is 0 Å². The molecule has 4 nitrogen and oxygen atoms in total. The van der Waals surface area contributed by atoms with E-state index in [0.717, 1.165) is 98.8 Å². The quantitative estimate of drug-likeness (QED) is 0.156. The van der Waals surface area contributed by atoms with Crippen molar-refractivity contribution in [2.45, 2.75) is 0 Å². The van der Waals surface area contributed by atoms with E-state index in [1.807, 2.05) is 0 Å². The first kappa shape index (κ1) is 41.8. The maximum absolute atomic E-state index is 5.42. The minimum absolute atomic E-state index is 0.610. The molecule has 0 atom stereocenters. The molecule has 15 rings (SSSR count). The second kappa shape index (κ2) is 16.9. The fourth-order valence-electron chi connectivity index (χ4n) is 11.5. The standard InChI is InChI=1S/C70H42N4/c1-2-18-44-38-50(36-35-43(44)17-1)67-64-42-61(58-31-11-12-32-59(58)66(64)60-33-13-14-34-65(60)71-67)47-23-15-21-45(37-47)46-22-16-24-51(39-46)68-72-69(62-40-48-19-3-5-25-52(48)54-27-7-9-29-56(54)62)74-70(73-68)63-41-49-20-4-6-26-53(49)55-28-8-10-30-57(55)63/h1-42H. The summed E-state index contributed by atoms with van der Waals surface area (Å²) >= 11 is 0. The number of rotatable bonds is 6. The van der Waals surface area contributed by atoms with Crippen LogP contribution in [0.1, 0.15) is 0 Å². The van der Waals surface area contributed by atoms with Gasteiger partial charge in [0, 0.05) is 38.4 Å². The van der Waals surface area contributed by atoms with Gasteiger partial charge in [0.05, 0.1) is 11.2 Å². The van der Waals surface area contributed by atoms with Gasteiger partial charge in [0.15, 0.2) is 17.5 Å². The Morgan fingerprint density at radius 3 is 1.30 bits per heavy atom. The van der Waals surface area contributed by atoms with Crippen molar-refractivity contribution in [3.8, 4) is 67.7 Å². The van der Waals surface area contributed by atoms with E-state index in [0.29, 0.717) is 17.5 Å². The van der Waals surface area contributed by atoms with Crippen LogP contribution in [0.3, 0.4) is 0 Å². The predicted octanol–water partition coefficient (Wildman–Crippen LogP) is 18.5. The first-order chi connectivity index (χ1) is 36.7. The molecule has 0 spiro atoms. The third kappa shape index (κ3) is 6.84. The fourth-order valence-corrected chi connectivity index (χ4v) is 11.5. The number of aromatic nitrogens is 4. The largest absolute Gasteiger partial charge is 0.247 e. The summed E-state index contributed by atoms with van der Waals surface area (Å²) < 4.78 is 0. The van der Waals surface area contributed by atoms with Gasteiger partial charge in [-0.3, -0.25) is 0 Å². The van der Waals surface area contributed by atoms with Gasteiger partial charge in [0.1, 0.15) is 0 Å².